The summed E-state index contributed by atoms with van der Waals surface area (Å²) >= 11 is 0. The Labute approximate surface area is 489 Å². The fourth-order valence-electron chi connectivity index (χ4n) is 11.9. The Morgan fingerprint density at radius 1 is 0.308 bits per heavy atom. The number of carbonyl (C=O) groups is 2. The molecule has 6 heteroatoms. The van der Waals surface area contributed by atoms with Crippen LogP contribution in [0.5, 0.6) is 0 Å². The standard InChI is InChI=1S/C72H143NO5/c1-3-5-7-9-11-13-15-17-19-21-23-24-25-29-32-36-40-44-48-52-56-60-64-70(75)69(68-74)73-71(76)65-61-57-53-49-45-41-37-33-30-26-27-31-35-39-43-47-51-55-59-63-67-78-72(77)66-62-58-54-50-46-42-38-34-28-22-20-18-16-14-12-10-8-6-4-2/h69-70,74-75H,3-68H2,1-2H3,(H,73,76). The Hall–Kier alpha value is -1.14. The number of carbonyl (C=O) groups excluding carboxylic acids is 2. The highest BCUT2D eigenvalue weighted by molar-refractivity contribution is 5.76. The Kier molecular flexibility index (Phi) is 67.4. The third-order valence-corrected chi connectivity index (χ3v) is 17.4. The van der Waals surface area contributed by atoms with Crippen molar-refractivity contribution >= 4 is 11.9 Å². The van der Waals surface area contributed by atoms with Crippen LogP contribution in [0, 0.1) is 0 Å². The summed E-state index contributed by atoms with van der Waals surface area (Å²) in [5.41, 5.74) is 0. The number of aliphatic hydroxyl groups excluding tert-OH is 2. The number of aliphatic hydroxyl groups is 2. The lowest BCUT2D eigenvalue weighted by Crippen LogP contribution is -2.45. The van der Waals surface area contributed by atoms with Gasteiger partial charge in [-0.2, -0.15) is 0 Å². The van der Waals surface area contributed by atoms with Gasteiger partial charge in [-0.1, -0.05) is 386 Å². The minimum absolute atomic E-state index is 0.0172. The topological polar surface area (TPSA) is 95.9 Å². The molecule has 78 heavy (non-hydrogen) atoms. The number of nitrogens with one attached hydrogen (secondary N) is 1. The van der Waals surface area contributed by atoms with Crippen LogP contribution in [-0.2, 0) is 14.3 Å². The van der Waals surface area contributed by atoms with Crippen molar-refractivity contribution in [1.82, 2.24) is 5.32 Å². The number of hydrogen-bond donors (Lipinski definition) is 3. The van der Waals surface area contributed by atoms with Crippen molar-refractivity contribution in [1.29, 1.82) is 0 Å². The summed E-state index contributed by atoms with van der Waals surface area (Å²) in [6.45, 7) is 5.01. The summed E-state index contributed by atoms with van der Waals surface area (Å²) in [5.74, 6) is -0.0137. The number of ether oxygens (including phenoxy) is 1. The zero-order valence-electron chi connectivity index (χ0n) is 53.4. The molecule has 0 rings (SSSR count). The number of esters is 1. The summed E-state index contributed by atoms with van der Waals surface area (Å²) < 4.78 is 5.51. The van der Waals surface area contributed by atoms with E-state index in [9.17, 15) is 19.8 Å². The SMILES string of the molecule is CCCCCCCCCCCCCCCCCCCCCCCCC(O)C(CO)NC(=O)CCCCCCCCCCCCCCCCCCCCCCOC(=O)CCCCCCCCCCCCCCCCCCCCC. The van der Waals surface area contributed by atoms with Gasteiger partial charge in [0.25, 0.3) is 0 Å². The van der Waals surface area contributed by atoms with Crippen molar-refractivity contribution in [2.24, 2.45) is 0 Å². The van der Waals surface area contributed by atoms with Crippen molar-refractivity contribution in [2.75, 3.05) is 13.2 Å². The van der Waals surface area contributed by atoms with Crippen LogP contribution in [0.25, 0.3) is 0 Å². The Morgan fingerprint density at radius 3 is 0.782 bits per heavy atom. The van der Waals surface area contributed by atoms with Gasteiger partial charge in [-0.25, -0.2) is 0 Å². The molecule has 0 fully saturated rings. The predicted octanol–water partition coefficient (Wildman–Crippen LogP) is 23.4. The van der Waals surface area contributed by atoms with E-state index in [0.29, 0.717) is 25.9 Å². The lowest BCUT2D eigenvalue weighted by molar-refractivity contribution is -0.143. The average molecular weight is 1100 g/mol. The van der Waals surface area contributed by atoms with E-state index in [2.05, 4.69) is 19.2 Å². The predicted molar refractivity (Wildman–Crippen MR) is 343 cm³/mol. The van der Waals surface area contributed by atoms with Crippen LogP contribution in [0.2, 0.25) is 0 Å². The second kappa shape index (κ2) is 68.4. The fraction of sp³-hybridized carbons (Fsp3) is 0.972. The molecular formula is C72H143NO5. The molecule has 3 N–H and O–H groups in total. The van der Waals surface area contributed by atoms with Crippen LogP contribution >= 0.6 is 0 Å². The van der Waals surface area contributed by atoms with Crippen LogP contribution in [0.3, 0.4) is 0 Å². The maximum absolute atomic E-state index is 12.6. The van der Waals surface area contributed by atoms with Gasteiger partial charge >= 0.3 is 5.97 Å². The van der Waals surface area contributed by atoms with Crippen LogP contribution in [0.15, 0.2) is 0 Å². The Balaban J connectivity index is 3.36. The minimum atomic E-state index is -0.666. The largest absolute Gasteiger partial charge is 0.466 e. The van der Waals surface area contributed by atoms with Gasteiger partial charge in [-0.05, 0) is 25.7 Å². The highest BCUT2D eigenvalue weighted by Gasteiger charge is 2.20. The molecular weight excluding hydrogens is 959 g/mol. The first kappa shape index (κ1) is 76.9. The molecule has 0 heterocycles. The monoisotopic (exact) mass is 1100 g/mol. The van der Waals surface area contributed by atoms with E-state index in [4.69, 9.17) is 4.74 Å². The van der Waals surface area contributed by atoms with E-state index in [1.165, 1.54) is 353 Å². The summed E-state index contributed by atoms with van der Waals surface area (Å²) in [5, 5.41) is 23.4. The zero-order valence-corrected chi connectivity index (χ0v) is 53.4. The van der Waals surface area contributed by atoms with Crippen LogP contribution in [0.1, 0.15) is 425 Å². The third kappa shape index (κ3) is 64.0. The van der Waals surface area contributed by atoms with Crippen LogP contribution in [0.4, 0.5) is 0 Å². The maximum atomic E-state index is 12.6. The zero-order chi connectivity index (χ0) is 56.4. The quantitative estimate of drug-likeness (QED) is 0.0417. The molecule has 466 valence electrons. The lowest BCUT2D eigenvalue weighted by atomic mass is 10.0. The van der Waals surface area contributed by atoms with E-state index >= 15 is 0 Å². The molecule has 0 aliphatic heterocycles. The van der Waals surface area contributed by atoms with Gasteiger partial charge < -0.3 is 20.3 Å². The van der Waals surface area contributed by atoms with Crippen molar-refractivity contribution in [3.05, 3.63) is 0 Å². The van der Waals surface area contributed by atoms with Gasteiger partial charge in [0.2, 0.25) is 5.91 Å². The van der Waals surface area contributed by atoms with E-state index in [-0.39, 0.29) is 18.5 Å². The van der Waals surface area contributed by atoms with Gasteiger partial charge in [-0.15, -0.1) is 0 Å². The molecule has 0 aliphatic rings. The van der Waals surface area contributed by atoms with Crippen LogP contribution in [-0.4, -0.2) is 47.4 Å². The first-order valence-corrected chi connectivity index (χ1v) is 36.3. The van der Waals surface area contributed by atoms with Gasteiger partial charge in [-0.3, -0.25) is 9.59 Å². The second-order valence-electron chi connectivity index (χ2n) is 25.3. The van der Waals surface area contributed by atoms with Gasteiger partial charge in [0.1, 0.15) is 0 Å². The van der Waals surface area contributed by atoms with Gasteiger partial charge in [0.05, 0.1) is 25.4 Å². The molecule has 0 saturated heterocycles. The van der Waals surface area contributed by atoms with Gasteiger partial charge in [0, 0.05) is 12.8 Å². The van der Waals surface area contributed by atoms with Crippen LogP contribution < -0.4 is 5.32 Å². The molecule has 0 aromatic carbocycles. The molecule has 0 radical (unpaired) electrons. The third-order valence-electron chi connectivity index (χ3n) is 17.4. The smallest absolute Gasteiger partial charge is 0.305 e. The Bertz CT molecular complexity index is 1130. The molecule has 0 aromatic rings. The number of amides is 1. The minimum Gasteiger partial charge on any atom is -0.466 e. The normalized spacial score (nSPS) is 12.4. The summed E-state index contributed by atoms with van der Waals surface area (Å²) in [6, 6.07) is -0.543. The maximum Gasteiger partial charge on any atom is 0.305 e. The molecule has 0 aromatic heterocycles. The van der Waals surface area contributed by atoms with Crippen molar-refractivity contribution < 1.29 is 24.5 Å². The van der Waals surface area contributed by atoms with Gasteiger partial charge in [0.15, 0.2) is 0 Å². The Morgan fingerprint density at radius 2 is 0.526 bits per heavy atom. The summed E-state index contributed by atoms with van der Waals surface area (Å²) in [4.78, 5) is 24.7. The molecule has 2 atom stereocenters. The highest BCUT2D eigenvalue weighted by Crippen LogP contribution is 2.20. The second-order valence-corrected chi connectivity index (χ2v) is 25.3. The number of hydrogen-bond acceptors (Lipinski definition) is 5. The molecule has 0 spiro atoms. The molecule has 0 aliphatic carbocycles. The first-order valence-electron chi connectivity index (χ1n) is 36.3. The summed E-state index contributed by atoms with van der Waals surface area (Å²) in [7, 11) is 0. The molecule has 6 nitrogen and oxygen atoms in total. The number of unbranched alkanes of at least 4 members (excludes halogenated alkanes) is 58. The first-order chi connectivity index (χ1) is 38.5. The molecule has 2 unspecified atom stereocenters. The highest BCUT2D eigenvalue weighted by atomic mass is 16.5. The summed E-state index contributed by atoms with van der Waals surface area (Å²) in [6.07, 6.45) is 82.9. The van der Waals surface area contributed by atoms with E-state index in [0.717, 1.165) is 38.5 Å². The average Bonchev–Trinajstić information content (AvgIpc) is 3.44. The van der Waals surface area contributed by atoms with Crippen molar-refractivity contribution in [2.45, 2.75) is 437 Å². The number of rotatable bonds is 69. The van der Waals surface area contributed by atoms with E-state index in [1.807, 2.05) is 0 Å². The molecule has 1 amide bonds. The van der Waals surface area contributed by atoms with E-state index < -0.39 is 12.1 Å². The van der Waals surface area contributed by atoms with E-state index in [1.54, 1.807) is 0 Å². The van der Waals surface area contributed by atoms with Crippen molar-refractivity contribution in [3.8, 4) is 0 Å². The lowest BCUT2D eigenvalue weighted by Gasteiger charge is -2.22. The van der Waals surface area contributed by atoms with Crippen molar-refractivity contribution in [3.63, 3.8) is 0 Å². The molecule has 0 saturated carbocycles. The molecule has 0 bridgehead atoms. The fourth-order valence-corrected chi connectivity index (χ4v) is 11.9.